The molecule has 0 unspecified atom stereocenters. The Kier molecular flexibility index (Phi) is 9.41. The van der Waals surface area contributed by atoms with Gasteiger partial charge in [-0.2, -0.15) is 0 Å². The molecule has 0 aromatic carbocycles. The van der Waals surface area contributed by atoms with E-state index in [1.54, 1.807) is 0 Å². The summed E-state index contributed by atoms with van der Waals surface area (Å²) in [5.74, 6) is -0.207. The quantitative estimate of drug-likeness (QED) is 0.438. The molecule has 22 heavy (non-hydrogen) atoms. The number of carbonyl (C=O) groups excluding carboxylic acids is 3. The van der Waals surface area contributed by atoms with Crippen LogP contribution in [0.2, 0.25) is 0 Å². The molecule has 0 radical (unpaired) electrons. The van der Waals surface area contributed by atoms with Crippen molar-refractivity contribution in [3.63, 3.8) is 0 Å². The molecule has 0 spiro atoms. The van der Waals surface area contributed by atoms with Gasteiger partial charge in [0.05, 0.1) is 6.61 Å². The molecule has 7 nitrogen and oxygen atoms in total. The van der Waals surface area contributed by atoms with Crippen LogP contribution in [0.25, 0.3) is 0 Å². The van der Waals surface area contributed by atoms with E-state index in [0.717, 1.165) is 32.0 Å². The molecular weight excluding hydrogens is 288 g/mol. The second-order valence-corrected chi connectivity index (χ2v) is 5.35. The number of hydrogen-bond donors (Lipinski definition) is 2. The molecule has 0 bridgehead atoms. The molecule has 0 saturated heterocycles. The van der Waals surface area contributed by atoms with Gasteiger partial charge in [-0.25, -0.2) is 0 Å². The van der Waals surface area contributed by atoms with Crippen molar-refractivity contribution in [3.8, 4) is 0 Å². The summed E-state index contributed by atoms with van der Waals surface area (Å²) in [7, 11) is 0. The van der Waals surface area contributed by atoms with Crippen LogP contribution in [0.15, 0.2) is 0 Å². The second-order valence-electron chi connectivity index (χ2n) is 5.35. The van der Waals surface area contributed by atoms with Gasteiger partial charge in [0.2, 0.25) is 11.8 Å². The van der Waals surface area contributed by atoms with Crippen molar-refractivity contribution < 1.29 is 23.9 Å². The minimum Gasteiger partial charge on any atom is -0.372 e. The largest absolute Gasteiger partial charge is 0.372 e. The lowest BCUT2D eigenvalue weighted by atomic mass is 9.87. The predicted octanol–water partition coefficient (Wildman–Crippen LogP) is 0.0296. The van der Waals surface area contributed by atoms with Gasteiger partial charge in [-0.3, -0.25) is 9.59 Å². The van der Waals surface area contributed by atoms with Crippen LogP contribution in [0.3, 0.4) is 0 Å². The molecule has 2 N–H and O–H groups in total. The number of amides is 2. The van der Waals surface area contributed by atoms with Crippen LogP contribution in [0.1, 0.15) is 32.6 Å². The number of carbonyl (C=O) groups is 3. The summed E-state index contributed by atoms with van der Waals surface area (Å²) in [6.07, 6.45) is 4.34. The monoisotopic (exact) mass is 314 g/mol. The average Bonchev–Trinajstić information content (AvgIpc) is 2.53. The molecule has 1 aliphatic carbocycles. The minimum absolute atomic E-state index is 0.0189. The molecule has 126 valence electrons. The minimum atomic E-state index is -0.193. The highest BCUT2D eigenvalue weighted by atomic mass is 16.5. The van der Waals surface area contributed by atoms with Crippen molar-refractivity contribution >= 4 is 18.1 Å². The van der Waals surface area contributed by atoms with Crippen LogP contribution >= 0.6 is 0 Å². The highest BCUT2D eigenvalue weighted by Crippen LogP contribution is 2.22. The highest BCUT2D eigenvalue weighted by molar-refractivity contribution is 5.77. The first-order valence-electron chi connectivity index (χ1n) is 7.82. The molecule has 1 aliphatic rings. The lowest BCUT2D eigenvalue weighted by Gasteiger charge is -2.26. The third-order valence-electron chi connectivity index (χ3n) is 3.57. The van der Waals surface area contributed by atoms with Gasteiger partial charge in [0, 0.05) is 25.1 Å². The number of ether oxygens (including phenoxy) is 2. The van der Waals surface area contributed by atoms with Gasteiger partial charge in [0.15, 0.2) is 0 Å². The summed E-state index contributed by atoms with van der Waals surface area (Å²) < 4.78 is 10.2. The zero-order valence-electron chi connectivity index (χ0n) is 13.1. The molecule has 0 heterocycles. The Morgan fingerprint density at radius 2 is 1.77 bits per heavy atom. The fourth-order valence-electron chi connectivity index (χ4n) is 2.34. The van der Waals surface area contributed by atoms with Gasteiger partial charge in [-0.05, 0) is 32.6 Å². The predicted molar refractivity (Wildman–Crippen MR) is 80.3 cm³/mol. The zero-order valence-corrected chi connectivity index (χ0v) is 13.1. The van der Waals surface area contributed by atoms with Gasteiger partial charge in [-0.1, -0.05) is 0 Å². The Hall–Kier alpha value is -1.47. The van der Waals surface area contributed by atoms with Crippen LogP contribution in [-0.2, 0) is 23.9 Å². The summed E-state index contributed by atoms with van der Waals surface area (Å²) in [5, 5.41) is 5.53. The normalized spacial score (nSPS) is 21.1. The fraction of sp³-hybridized carbons (Fsp3) is 0.800. The zero-order chi connectivity index (χ0) is 16.2. The number of aldehydes is 1. The molecule has 1 saturated carbocycles. The van der Waals surface area contributed by atoms with E-state index in [2.05, 4.69) is 10.6 Å². The van der Waals surface area contributed by atoms with Crippen molar-refractivity contribution in [2.75, 3.05) is 33.0 Å². The van der Waals surface area contributed by atoms with E-state index >= 15 is 0 Å². The van der Waals surface area contributed by atoms with Crippen LogP contribution in [-0.4, -0.2) is 57.1 Å². The van der Waals surface area contributed by atoms with E-state index in [9.17, 15) is 14.4 Å². The summed E-state index contributed by atoms with van der Waals surface area (Å²) in [5.41, 5.74) is 0. The Bertz CT molecular complexity index is 354. The Balaban J connectivity index is 2.00. The van der Waals surface area contributed by atoms with Crippen LogP contribution < -0.4 is 10.6 Å². The summed E-state index contributed by atoms with van der Waals surface area (Å²) in [6.45, 7) is 2.97. The summed E-state index contributed by atoms with van der Waals surface area (Å²) in [4.78, 5) is 33.6. The van der Waals surface area contributed by atoms with Crippen molar-refractivity contribution in [2.45, 2.75) is 38.6 Å². The third-order valence-corrected chi connectivity index (χ3v) is 3.57. The van der Waals surface area contributed by atoms with Crippen molar-refractivity contribution in [2.24, 2.45) is 5.92 Å². The first-order valence-corrected chi connectivity index (χ1v) is 7.82. The number of hydrogen-bond acceptors (Lipinski definition) is 5. The van der Waals surface area contributed by atoms with Gasteiger partial charge in [0.25, 0.3) is 0 Å². The lowest BCUT2D eigenvalue weighted by molar-refractivity contribution is -0.127. The van der Waals surface area contributed by atoms with E-state index in [1.165, 1.54) is 0 Å². The molecule has 0 aromatic heterocycles. The van der Waals surface area contributed by atoms with E-state index < -0.39 is 0 Å². The Morgan fingerprint density at radius 3 is 2.41 bits per heavy atom. The van der Waals surface area contributed by atoms with Gasteiger partial charge in [0.1, 0.15) is 19.5 Å². The average molecular weight is 314 g/mol. The van der Waals surface area contributed by atoms with E-state index in [4.69, 9.17) is 9.47 Å². The van der Waals surface area contributed by atoms with Crippen molar-refractivity contribution in [3.05, 3.63) is 0 Å². The molecule has 2 amide bonds. The fourth-order valence-corrected chi connectivity index (χ4v) is 2.34. The Morgan fingerprint density at radius 1 is 1.09 bits per heavy atom. The second kappa shape index (κ2) is 11.1. The van der Waals surface area contributed by atoms with Gasteiger partial charge < -0.3 is 24.9 Å². The SMILES string of the molecule is CCOCC(=O)NCCOCC(=O)NC1CCC(C=O)CC1. The summed E-state index contributed by atoms with van der Waals surface area (Å²) >= 11 is 0. The molecule has 0 aliphatic heterocycles. The third kappa shape index (κ3) is 8.09. The van der Waals surface area contributed by atoms with Crippen molar-refractivity contribution in [1.29, 1.82) is 0 Å². The number of rotatable bonds is 10. The number of nitrogens with one attached hydrogen (secondary N) is 2. The van der Waals surface area contributed by atoms with Crippen LogP contribution in [0, 0.1) is 5.92 Å². The molecule has 0 aromatic rings. The molecule has 7 heteroatoms. The van der Waals surface area contributed by atoms with Crippen LogP contribution in [0.4, 0.5) is 0 Å². The summed E-state index contributed by atoms with van der Waals surface area (Å²) in [6, 6.07) is 0.137. The van der Waals surface area contributed by atoms with E-state index in [1.807, 2.05) is 6.92 Å². The molecule has 0 atom stereocenters. The Labute approximate surface area is 131 Å². The topological polar surface area (TPSA) is 93.7 Å². The first kappa shape index (κ1) is 18.6. The standard InChI is InChI=1S/C15H26N2O5/c1-2-21-10-14(19)16-7-8-22-11-15(20)17-13-5-3-12(9-18)4-6-13/h9,12-13H,2-8,10-11H2,1H3,(H,16,19)(H,17,20). The van der Waals surface area contributed by atoms with Crippen LogP contribution in [0.5, 0.6) is 0 Å². The smallest absolute Gasteiger partial charge is 0.246 e. The van der Waals surface area contributed by atoms with Gasteiger partial charge >= 0.3 is 0 Å². The highest BCUT2D eigenvalue weighted by Gasteiger charge is 2.21. The lowest BCUT2D eigenvalue weighted by Crippen LogP contribution is -2.40. The maximum Gasteiger partial charge on any atom is 0.246 e. The van der Waals surface area contributed by atoms with E-state index in [-0.39, 0.29) is 43.6 Å². The molecular formula is C15H26N2O5. The maximum absolute atomic E-state index is 11.7. The molecule has 1 fully saturated rings. The van der Waals surface area contributed by atoms with Crippen molar-refractivity contribution in [1.82, 2.24) is 10.6 Å². The van der Waals surface area contributed by atoms with Gasteiger partial charge in [-0.15, -0.1) is 0 Å². The maximum atomic E-state index is 11.7. The van der Waals surface area contributed by atoms with E-state index in [0.29, 0.717) is 13.2 Å². The molecule has 1 rings (SSSR count). The first-order chi connectivity index (χ1) is 10.7.